The fraction of sp³-hybridized carbons (Fsp3) is 0.512. The van der Waals surface area contributed by atoms with Crippen LogP contribution in [-0.4, -0.2) is 89.6 Å². The van der Waals surface area contributed by atoms with E-state index in [1.165, 1.54) is 0 Å². The highest BCUT2D eigenvalue weighted by molar-refractivity contribution is 6.09. The Labute approximate surface area is 340 Å². The summed E-state index contributed by atoms with van der Waals surface area (Å²) in [6.07, 6.45) is 5.76. The number of hydrogen-bond acceptors (Lipinski definition) is 10. The van der Waals surface area contributed by atoms with Crippen LogP contribution >= 0.6 is 0 Å². The molecule has 0 saturated heterocycles. The van der Waals surface area contributed by atoms with Gasteiger partial charge in [0, 0.05) is 17.5 Å². The van der Waals surface area contributed by atoms with Gasteiger partial charge in [0.2, 0.25) is 23.6 Å². The van der Waals surface area contributed by atoms with Crippen LogP contribution in [0, 0.1) is 11.8 Å². The highest BCUT2D eigenvalue weighted by Gasteiger charge is 2.33. The van der Waals surface area contributed by atoms with Gasteiger partial charge in [0.1, 0.15) is 18.1 Å². The Morgan fingerprint density at radius 2 is 1.31 bits per heavy atom. The molecule has 15 nitrogen and oxygen atoms in total. The van der Waals surface area contributed by atoms with Gasteiger partial charge in [0.05, 0.1) is 18.0 Å². The van der Waals surface area contributed by atoms with E-state index >= 15 is 0 Å². The summed E-state index contributed by atoms with van der Waals surface area (Å²) in [5.74, 6) is -5.35. The summed E-state index contributed by atoms with van der Waals surface area (Å²) < 4.78 is 0. The third-order valence-electron chi connectivity index (χ3n) is 10.0. The third kappa shape index (κ3) is 15.6. The van der Waals surface area contributed by atoms with Crippen molar-refractivity contribution in [2.75, 3.05) is 13.1 Å². The van der Waals surface area contributed by atoms with Gasteiger partial charge in [0.25, 0.3) is 0 Å². The molecule has 1 heterocycles. The molecule has 0 fully saturated rings. The highest BCUT2D eigenvalue weighted by atomic mass is 16.4. The van der Waals surface area contributed by atoms with Gasteiger partial charge in [-0.25, -0.2) is 0 Å². The van der Waals surface area contributed by atoms with Gasteiger partial charge in [0.15, 0.2) is 11.6 Å². The minimum atomic E-state index is -1.24. The summed E-state index contributed by atoms with van der Waals surface area (Å²) in [5.41, 5.74) is 19.0. The van der Waals surface area contributed by atoms with Crippen molar-refractivity contribution in [3.05, 3.63) is 83.4 Å². The molecule has 1 aliphatic heterocycles. The number of aliphatic carboxylic acids is 1. The monoisotopic (exact) mass is 803 g/mol. The fourth-order valence-electron chi connectivity index (χ4n) is 6.69. The lowest BCUT2D eigenvalue weighted by atomic mass is 9.89. The van der Waals surface area contributed by atoms with Crippen molar-refractivity contribution in [3.63, 3.8) is 0 Å². The number of nitrogens with one attached hydrogen (secondary N) is 4. The first-order chi connectivity index (χ1) is 27.7. The molecular weight excluding hydrogens is 743 g/mol. The van der Waals surface area contributed by atoms with Crippen LogP contribution in [0.1, 0.15) is 99.5 Å². The molecular formula is C43H61N7O8. The molecule has 2 aromatic carbocycles. The Morgan fingerprint density at radius 3 is 1.88 bits per heavy atom. The Hall–Kier alpha value is -5.25. The molecule has 0 bridgehead atoms. The largest absolute Gasteiger partial charge is 0.481 e. The topological polar surface area (TPSA) is 266 Å². The molecule has 0 spiro atoms. The number of Topliss-reactive ketones (excluding diaryl/α,β-unsaturated/α-hetero) is 1. The zero-order valence-corrected chi connectivity index (χ0v) is 33.6. The number of hydrogen-bond donors (Lipinski definition) is 8. The Bertz CT molecular complexity index is 1720. The predicted octanol–water partition coefficient (Wildman–Crippen LogP) is 2.04. The van der Waals surface area contributed by atoms with E-state index in [0.717, 1.165) is 0 Å². The number of carboxylic acid groups (broad SMARTS) is 1. The second-order valence-corrected chi connectivity index (χ2v) is 15.3. The van der Waals surface area contributed by atoms with E-state index in [2.05, 4.69) is 21.3 Å². The Morgan fingerprint density at radius 1 is 0.759 bits per heavy atom. The Balaban J connectivity index is 1.94. The highest BCUT2D eigenvalue weighted by Crippen LogP contribution is 2.20. The summed E-state index contributed by atoms with van der Waals surface area (Å²) in [6.45, 7) is 4.46. The summed E-state index contributed by atoms with van der Waals surface area (Å²) in [5, 5.41) is 20.9. The molecule has 316 valence electrons. The van der Waals surface area contributed by atoms with Crippen molar-refractivity contribution >= 4 is 41.2 Å². The Kier molecular flexibility index (Phi) is 19.9. The van der Waals surface area contributed by atoms with Gasteiger partial charge in [-0.2, -0.15) is 0 Å². The van der Waals surface area contributed by atoms with Crippen molar-refractivity contribution in [2.24, 2.45) is 29.0 Å². The normalized spacial score (nSPS) is 20.2. The molecule has 0 aromatic heterocycles. The molecule has 58 heavy (non-hydrogen) atoms. The van der Waals surface area contributed by atoms with E-state index in [1.807, 2.05) is 19.9 Å². The van der Waals surface area contributed by atoms with E-state index < -0.39 is 71.5 Å². The van der Waals surface area contributed by atoms with Crippen LogP contribution in [-0.2, 0) is 35.2 Å². The number of ketones is 2. The minimum Gasteiger partial charge on any atom is -0.481 e. The number of nitrogens with two attached hydrogens (primary N) is 3. The van der Waals surface area contributed by atoms with Gasteiger partial charge < -0.3 is 43.6 Å². The smallest absolute Gasteiger partial charge is 0.306 e. The molecule has 15 heteroatoms. The van der Waals surface area contributed by atoms with Crippen LogP contribution in [0.2, 0.25) is 0 Å². The van der Waals surface area contributed by atoms with Gasteiger partial charge in [-0.1, -0.05) is 80.6 Å². The average molecular weight is 804 g/mol. The van der Waals surface area contributed by atoms with Crippen LogP contribution in [0.15, 0.2) is 66.7 Å². The molecule has 3 rings (SSSR count). The zero-order valence-electron chi connectivity index (χ0n) is 33.6. The molecule has 6 atom stereocenters. The first-order valence-electron chi connectivity index (χ1n) is 20.2. The van der Waals surface area contributed by atoms with Crippen molar-refractivity contribution in [1.29, 1.82) is 0 Å². The minimum absolute atomic E-state index is 0.0120. The van der Waals surface area contributed by atoms with Crippen LogP contribution in [0.3, 0.4) is 0 Å². The van der Waals surface area contributed by atoms with Crippen LogP contribution in [0.25, 0.3) is 0 Å². The van der Waals surface area contributed by atoms with Gasteiger partial charge >= 0.3 is 5.97 Å². The van der Waals surface area contributed by atoms with E-state index in [-0.39, 0.29) is 56.6 Å². The van der Waals surface area contributed by atoms with E-state index in [0.29, 0.717) is 55.5 Å². The SMILES string of the molecule is CC(C)C[C@H](CC(=O)[C@H](Cc1ccc(C(=O)c2ccccc2)cc1)NC(=O)[C@@H]1CC=CC[C@H](N)C(=O)N[C@@H](CCCCN)C(=O)N[C@@H](CCCCN)C(=O)N1)C(=O)O. The van der Waals surface area contributed by atoms with E-state index in [1.54, 1.807) is 60.7 Å². The van der Waals surface area contributed by atoms with Crippen molar-refractivity contribution < 1.29 is 38.7 Å². The summed E-state index contributed by atoms with van der Waals surface area (Å²) in [7, 11) is 0. The summed E-state index contributed by atoms with van der Waals surface area (Å²) in [6, 6.07) is 9.84. The molecule has 1 aliphatic rings. The third-order valence-corrected chi connectivity index (χ3v) is 10.0. The second-order valence-electron chi connectivity index (χ2n) is 15.3. The van der Waals surface area contributed by atoms with Crippen LogP contribution in [0.5, 0.6) is 0 Å². The van der Waals surface area contributed by atoms with Crippen molar-refractivity contribution in [1.82, 2.24) is 21.3 Å². The number of amides is 4. The number of carboxylic acids is 1. The zero-order chi connectivity index (χ0) is 42.6. The average Bonchev–Trinajstić information content (AvgIpc) is 3.20. The first-order valence-corrected chi connectivity index (χ1v) is 20.2. The summed E-state index contributed by atoms with van der Waals surface area (Å²) in [4.78, 5) is 93.8. The van der Waals surface area contributed by atoms with E-state index in [9.17, 15) is 38.7 Å². The molecule has 2 aromatic rings. The molecule has 11 N–H and O–H groups in total. The quantitative estimate of drug-likeness (QED) is 0.0545. The lowest BCUT2D eigenvalue weighted by Gasteiger charge is -2.27. The molecule has 0 radical (unpaired) electrons. The second kappa shape index (κ2) is 24.5. The van der Waals surface area contributed by atoms with Gasteiger partial charge in [-0.3, -0.25) is 33.6 Å². The maximum absolute atomic E-state index is 14.2. The molecule has 0 saturated carbocycles. The molecule has 0 unspecified atom stereocenters. The lowest BCUT2D eigenvalue weighted by Crippen LogP contribution is -2.58. The maximum atomic E-state index is 14.2. The lowest BCUT2D eigenvalue weighted by molar-refractivity contribution is -0.144. The summed E-state index contributed by atoms with van der Waals surface area (Å²) >= 11 is 0. The fourth-order valence-corrected chi connectivity index (χ4v) is 6.69. The van der Waals surface area contributed by atoms with Crippen LogP contribution in [0.4, 0.5) is 0 Å². The number of carbonyl (C=O) groups excluding carboxylic acids is 6. The number of unbranched alkanes of at least 4 members (excludes halogenated alkanes) is 2. The predicted molar refractivity (Wildman–Crippen MR) is 220 cm³/mol. The van der Waals surface area contributed by atoms with Gasteiger partial charge in [-0.05, 0) is 88.8 Å². The van der Waals surface area contributed by atoms with E-state index in [4.69, 9.17) is 17.2 Å². The maximum Gasteiger partial charge on any atom is 0.306 e. The number of carbonyl (C=O) groups is 7. The molecule has 4 amide bonds. The van der Waals surface area contributed by atoms with Crippen molar-refractivity contribution in [2.45, 2.75) is 115 Å². The standard InChI is InChI=1S/C43H61N7O8/c1-27(2)24-31(43(57)58)26-37(51)36(25-28-18-20-30(21-19-28)38(52)29-12-4-3-5-13-29)50-42(56)34-15-7-6-14-32(46)39(53)47-33(16-8-10-22-44)40(54)49-35(41(55)48-34)17-9-11-23-45/h3-7,12-13,18-21,27,31-36H,8-11,14-17,22-26,44-46H2,1-2H3,(H,47,53)(H,48,55)(H,49,54)(H,50,56)(H,57,58)/t31-,32+,33+,34+,35+,36+/m1/s1. The first kappa shape index (κ1) is 47.1. The molecule has 0 aliphatic carbocycles. The number of rotatable bonds is 20. The van der Waals surface area contributed by atoms with Gasteiger partial charge in [-0.15, -0.1) is 0 Å². The van der Waals surface area contributed by atoms with Crippen molar-refractivity contribution in [3.8, 4) is 0 Å². The number of benzene rings is 2. The van der Waals surface area contributed by atoms with Crippen LogP contribution < -0.4 is 38.5 Å².